The van der Waals surface area contributed by atoms with Gasteiger partial charge in [-0.3, -0.25) is 0 Å². The number of halogens is 1. The summed E-state index contributed by atoms with van der Waals surface area (Å²) in [6.07, 6.45) is 0. The van der Waals surface area contributed by atoms with Crippen molar-refractivity contribution in [1.29, 1.82) is 0 Å². The van der Waals surface area contributed by atoms with Gasteiger partial charge in [-0.2, -0.15) is 0 Å². The second kappa shape index (κ2) is 5.55. The second-order valence-electron chi connectivity index (χ2n) is 4.94. The van der Waals surface area contributed by atoms with Crippen LogP contribution in [0.3, 0.4) is 0 Å². The fourth-order valence-corrected chi connectivity index (χ4v) is 1.42. The molecular formula is C13H20ClNO. The molecule has 3 heteroatoms. The largest absolute Gasteiger partial charge is 0.492 e. The summed E-state index contributed by atoms with van der Waals surface area (Å²) in [5.41, 5.74) is 1.18. The molecule has 0 aromatic heterocycles. The van der Waals surface area contributed by atoms with Gasteiger partial charge in [0.25, 0.3) is 0 Å². The first-order valence-corrected chi connectivity index (χ1v) is 5.90. The SMILES string of the molecule is Cc1cc(OCCNC(C)(C)C)ccc1Cl. The van der Waals surface area contributed by atoms with E-state index in [0.717, 1.165) is 22.9 Å². The number of rotatable bonds is 4. The minimum absolute atomic E-state index is 0.138. The zero-order chi connectivity index (χ0) is 12.2. The number of nitrogens with one attached hydrogen (secondary N) is 1. The molecule has 0 saturated carbocycles. The van der Waals surface area contributed by atoms with E-state index in [9.17, 15) is 0 Å². The third kappa shape index (κ3) is 4.86. The summed E-state index contributed by atoms with van der Waals surface area (Å²) in [5, 5.41) is 4.14. The lowest BCUT2D eigenvalue weighted by Crippen LogP contribution is -2.38. The van der Waals surface area contributed by atoms with Crippen LogP contribution in [0.1, 0.15) is 26.3 Å². The van der Waals surface area contributed by atoms with Gasteiger partial charge in [0, 0.05) is 17.1 Å². The average Bonchev–Trinajstić information content (AvgIpc) is 2.17. The molecule has 0 spiro atoms. The molecule has 0 aliphatic heterocycles. The highest BCUT2D eigenvalue weighted by atomic mass is 35.5. The molecule has 0 fully saturated rings. The normalized spacial score (nSPS) is 11.6. The molecule has 0 amide bonds. The molecule has 2 nitrogen and oxygen atoms in total. The summed E-state index contributed by atoms with van der Waals surface area (Å²) >= 11 is 5.93. The van der Waals surface area contributed by atoms with Crippen molar-refractivity contribution in [1.82, 2.24) is 5.32 Å². The van der Waals surface area contributed by atoms with Crippen LogP contribution >= 0.6 is 11.6 Å². The Bertz CT molecular complexity index is 344. The van der Waals surface area contributed by atoms with E-state index in [0.29, 0.717) is 6.61 Å². The summed E-state index contributed by atoms with van der Waals surface area (Å²) in [5.74, 6) is 0.873. The highest BCUT2D eigenvalue weighted by Gasteiger charge is 2.07. The van der Waals surface area contributed by atoms with E-state index in [1.165, 1.54) is 0 Å². The van der Waals surface area contributed by atoms with E-state index in [2.05, 4.69) is 26.1 Å². The quantitative estimate of drug-likeness (QED) is 0.816. The van der Waals surface area contributed by atoms with Gasteiger partial charge < -0.3 is 10.1 Å². The van der Waals surface area contributed by atoms with Crippen LogP contribution in [0.15, 0.2) is 18.2 Å². The predicted molar refractivity (Wildman–Crippen MR) is 69.4 cm³/mol. The standard InChI is InChI=1S/C13H20ClNO/c1-10-9-11(5-6-12(10)14)16-8-7-15-13(2,3)4/h5-6,9,15H,7-8H2,1-4H3. The van der Waals surface area contributed by atoms with E-state index < -0.39 is 0 Å². The van der Waals surface area contributed by atoms with Crippen molar-refractivity contribution in [2.24, 2.45) is 0 Å². The van der Waals surface area contributed by atoms with E-state index >= 15 is 0 Å². The van der Waals surface area contributed by atoms with Crippen LogP contribution in [-0.4, -0.2) is 18.7 Å². The Morgan fingerprint density at radius 3 is 2.56 bits per heavy atom. The van der Waals surface area contributed by atoms with Gasteiger partial charge >= 0.3 is 0 Å². The van der Waals surface area contributed by atoms with Gasteiger partial charge in [0.15, 0.2) is 0 Å². The Hall–Kier alpha value is -0.730. The molecule has 1 rings (SSSR count). The lowest BCUT2D eigenvalue weighted by atomic mass is 10.1. The second-order valence-corrected chi connectivity index (χ2v) is 5.34. The summed E-state index contributed by atoms with van der Waals surface area (Å²) in [4.78, 5) is 0. The van der Waals surface area contributed by atoms with Gasteiger partial charge in [-0.15, -0.1) is 0 Å². The summed E-state index contributed by atoms with van der Waals surface area (Å²) < 4.78 is 5.62. The average molecular weight is 242 g/mol. The van der Waals surface area contributed by atoms with Crippen LogP contribution < -0.4 is 10.1 Å². The van der Waals surface area contributed by atoms with Crippen molar-refractivity contribution in [3.8, 4) is 5.75 Å². The van der Waals surface area contributed by atoms with Gasteiger partial charge in [0.05, 0.1) is 0 Å². The van der Waals surface area contributed by atoms with Gasteiger partial charge in [0.2, 0.25) is 0 Å². The molecular weight excluding hydrogens is 222 g/mol. The van der Waals surface area contributed by atoms with E-state index in [1.807, 2.05) is 25.1 Å². The summed E-state index contributed by atoms with van der Waals surface area (Å²) in [7, 11) is 0. The smallest absolute Gasteiger partial charge is 0.119 e. The predicted octanol–water partition coefficient (Wildman–Crippen LogP) is 3.42. The van der Waals surface area contributed by atoms with Crippen molar-refractivity contribution < 1.29 is 4.74 Å². The molecule has 90 valence electrons. The molecule has 0 heterocycles. The Balaban J connectivity index is 2.35. The Morgan fingerprint density at radius 2 is 2.00 bits per heavy atom. The number of hydrogen-bond acceptors (Lipinski definition) is 2. The third-order valence-corrected chi connectivity index (χ3v) is 2.58. The summed E-state index contributed by atoms with van der Waals surface area (Å²) in [6.45, 7) is 9.89. The van der Waals surface area contributed by atoms with Gasteiger partial charge in [0.1, 0.15) is 12.4 Å². The maximum atomic E-state index is 5.93. The van der Waals surface area contributed by atoms with Gasteiger partial charge in [-0.05, 0) is 51.5 Å². The van der Waals surface area contributed by atoms with Crippen LogP contribution in [0.4, 0.5) is 0 Å². The van der Waals surface area contributed by atoms with Crippen molar-refractivity contribution in [2.75, 3.05) is 13.2 Å². The Labute approximate surface area is 103 Å². The molecule has 0 unspecified atom stereocenters. The minimum atomic E-state index is 0.138. The molecule has 16 heavy (non-hydrogen) atoms. The number of hydrogen-bond donors (Lipinski definition) is 1. The Morgan fingerprint density at radius 1 is 1.31 bits per heavy atom. The number of ether oxygens (including phenoxy) is 1. The maximum Gasteiger partial charge on any atom is 0.119 e. The molecule has 0 radical (unpaired) electrons. The van der Waals surface area contributed by atoms with Crippen molar-refractivity contribution in [3.63, 3.8) is 0 Å². The van der Waals surface area contributed by atoms with Crippen LogP contribution in [-0.2, 0) is 0 Å². The van der Waals surface area contributed by atoms with Crippen LogP contribution in [0.2, 0.25) is 5.02 Å². The van der Waals surface area contributed by atoms with E-state index in [-0.39, 0.29) is 5.54 Å². The molecule has 0 aliphatic rings. The van der Waals surface area contributed by atoms with Crippen molar-refractivity contribution >= 4 is 11.6 Å². The zero-order valence-corrected chi connectivity index (χ0v) is 11.2. The topological polar surface area (TPSA) is 21.3 Å². The molecule has 0 saturated heterocycles. The maximum absolute atomic E-state index is 5.93. The molecule has 1 aromatic carbocycles. The van der Waals surface area contributed by atoms with Gasteiger partial charge in [-0.1, -0.05) is 11.6 Å². The van der Waals surface area contributed by atoms with Crippen molar-refractivity contribution in [2.45, 2.75) is 33.2 Å². The molecule has 0 atom stereocenters. The van der Waals surface area contributed by atoms with Crippen LogP contribution in [0.25, 0.3) is 0 Å². The van der Waals surface area contributed by atoms with E-state index in [1.54, 1.807) is 0 Å². The van der Waals surface area contributed by atoms with Crippen LogP contribution in [0.5, 0.6) is 5.75 Å². The Kier molecular flexibility index (Phi) is 4.63. The monoisotopic (exact) mass is 241 g/mol. The number of aryl methyl sites for hydroxylation is 1. The molecule has 1 N–H and O–H groups in total. The van der Waals surface area contributed by atoms with Crippen molar-refractivity contribution in [3.05, 3.63) is 28.8 Å². The first-order valence-electron chi connectivity index (χ1n) is 5.52. The minimum Gasteiger partial charge on any atom is -0.492 e. The fraction of sp³-hybridized carbons (Fsp3) is 0.538. The van der Waals surface area contributed by atoms with E-state index in [4.69, 9.17) is 16.3 Å². The summed E-state index contributed by atoms with van der Waals surface area (Å²) in [6, 6.07) is 5.72. The first-order chi connectivity index (χ1) is 7.38. The number of benzene rings is 1. The lowest BCUT2D eigenvalue weighted by molar-refractivity contribution is 0.291. The molecule has 1 aromatic rings. The van der Waals surface area contributed by atoms with Gasteiger partial charge in [-0.25, -0.2) is 0 Å². The first kappa shape index (κ1) is 13.3. The highest BCUT2D eigenvalue weighted by molar-refractivity contribution is 6.31. The molecule has 0 bridgehead atoms. The highest BCUT2D eigenvalue weighted by Crippen LogP contribution is 2.20. The van der Waals surface area contributed by atoms with Crippen LogP contribution in [0, 0.1) is 6.92 Å². The fourth-order valence-electron chi connectivity index (χ4n) is 1.30. The lowest BCUT2D eigenvalue weighted by Gasteiger charge is -2.20. The molecule has 0 aliphatic carbocycles. The zero-order valence-electron chi connectivity index (χ0n) is 10.4. The third-order valence-electron chi connectivity index (χ3n) is 2.16.